The van der Waals surface area contributed by atoms with Gasteiger partial charge in [0.2, 0.25) is 0 Å². The van der Waals surface area contributed by atoms with Crippen LogP contribution in [0.3, 0.4) is 0 Å². The Morgan fingerprint density at radius 3 is 0.842 bits per heavy atom. The first-order chi connectivity index (χ1) is 46.6. The van der Waals surface area contributed by atoms with Gasteiger partial charge in [-0.05, 0) is 128 Å². The number of unbranched alkanes of at least 4 members (excludes halogenated alkanes) is 26. The molecule has 0 fully saturated rings. The van der Waals surface area contributed by atoms with E-state index in [1.807, 2.05) is 21.1 Å². The van der Waals surface area contributed by atoms with Crippen molar-refractivity contribution in [1.82, 2.24) is 0 Å². The van der Waals surface area contributed by atoms with E-state index in [1.54, 1.807) is 0 Å². The molecule has 0 aromatic rings. The molecule has 9 heteroatoms. The molecule has 0 aliphatic carbocycles. The van der Waals surface area contributed by atoms with Gasteiger partial charge in [0.25, 0.3) is 0 Å². The highest BCUT2D eigenvalue weighted by molar-refractivity contribution is 5.70. The maximum atomic E-state index is 13.0. The molecule has 9 nitrogen and oxygen atoms in total. The largest absolute Gasteiger partial charge is 0.545 e. The van der Waals surface area contributed by atoms with Crippen LogP contribution in [0.4, 0.5) is 0 Å². The van der Waals surface area contributed by atoms with E-state index in [0.29, 0.717) is 17.4 Å². The Bertz CT molecular complexity index is 2170. The van der Waals surface area contributed by atoms with E-state index in [9.17, 15) is 19.5 Å². The van der Waals surface area contributed by atoms with E-state index < -0.39 is 24.3 Å². The topological polar surface area (TPSA) is 111 Å². The minimum absolute atomic E-state index is 0.137. The van der Waals surface area contributed by atoms with Crippen LogP contribution in [0.1, 0.15) is 296 Å². The van der Waals surface area contributed by atoms with Gasteiger partial charge in [-0.2, -0.15) is 0 Å². The second-order valence-electron chi connectivity index (χ2n) is 26.2. The molecule has 0 amide bonds. The van der Waals surface area contributed by atoms with E-state index >= 15 is 0 Å². The normalized spacial score (nSPS) is 13.7. The van der Waals surface area contributed by atoms with Crippen LogP contribution in [-0.4, -0.2) is 82.3 Å². The zero-order valence-electron chi connectivity index (χ0n) is 61.5. The number of hydrogen-bond acceptors (Lipinski definition) is 8. The molecule has 0 radical (unpaired) electrons. The Kier molecular flexibility index (Phi) is 70.2. The lowest BCUT2D eigenvalue weighted by molar-refractivity contribution is -0.870. The number of carbonyl (C=O) groups is 3. The molecular weight excluding hydrogens is 1170 g/mol. The van der Waals surface area contributed by atoms with Crippen molar-refractivity contribution in [3.63, 3.8) is 0 Å². The molecule has 538 valence electrons. The fourth-order valence-corrected chi connectivity index (χ4v) is 10.2. The molecule has 0 N–H and O–H groups in total. The number of rotatable bonds is 69. The maximum Gasteiger partial charge on any atom is 0.306 e. The van der Waals surface area contributed by atoms with Gasteiger partial charge in [0, 0.05) is 12.8 Å². The van der Waals surface area contributed by atoms with Crippen molar-refractivity contribution in [2.24, 2.45) is 0 Å². The van der Waals surface area contributed by atoms with Gasteiger partial charge in [-0.15, -0.1) is 0 Å². The third-order valence-corrected chi connectivity index (χ3v) is 16.0. The Morgan fingerprint density at radius 1 is 0.316 bits per heavy atom. The average molecular weight is 1320 g/mol. The number of carbonyl (C=O) groups excluding carboxylic acids is 3. The van der Waals surface area contributed by atoms with Crippen molar-refractivity contribution in [1.29, 1.82) is 0 Å². The van der Waals surface area contributed by atoms with Crippen molar-refractivity contribution >= 4 is 17.9 Å². The van der Waals surface area contributed by atoms with Crippen molar-refractivity contribution < 1.29 is 42.9 Å². The molecule has 0 aliphatic heterocycles. The number of esters is 2. The third kappa shape index (κ3) is 75.9. The van der Waals surface area contributed by atoms with Gasteiger partial charge in [0.15, 0.2) is 12.4 Å². The smallest absolute Gasteiger partial charge is 0.306 e. The molecule has 0 aromatic carbocycles. The number of aliphatic carboxylic acids is 1. The monoisotopic (exact) mass is 1320 g/mol. The highest BCUT2D eigenvalue weighted by Gasteiger charge is 2.22. The minimum Gasteiger partial charge on any atom is -0.545 e. The van der Waals surface area contributed by atoms with Crippen LogP contribution in [0.2, 0.25) is 0 Å². The van der Waals surface area contributed by atoms with E-state index in [0.717, 1.165) is 148 Å². The van der Waals surface area contributed by atoms with Crippen LogP contribution >= 0.6 is 0 Å². The number of ether oxygens (including phenoxy) is 4. The fourth-order valence-electron chi connectivity index (χ4n) is 10.2. The van der Waals surface area contributed by atoms with E-state index in [2.05, 4.69) is 184 Å². The van der Waals surface area contributed by atoms with Gasteiger partial charge in [0.05, 0.1) is 40.3 Å². The van der Waals surface area contributed by atoms with Gasteiger partial charge >= 0.3 is 11.9 Å². The molecule has 0 saturated carbocycles. The predicted molar refractivity (Wildman–Crippen MR) is 407 cm³/mol. The number of hydrogen-bond donors (Lipinski definition) is 0. The summed E-state index contributed by atoms with van der Waals surface area (Å²) in [5.74, 6) is -2.31. The molecule has 0 aliphatic rings. The number of quaternary nitrogens is 1. The molecule has 0 spiro atoms. The van der Waals surface area contributed by atoms with Gasteiger partial charge in [0.1, 0.15) is 13.2 Å². The summed E-state index contributed by atoms with van der Waals surface area (Å²) in [6.07, 6.45) is 109. The van der Waals surface area contributed by atoms with E-state index in [1.165, 1.54) is 116 Å². The van der Waals surface area contributed by atoms with Gasteiger partial charge in [-0.3, -0.25) is 9.59 Å². The molecule has 95 heavy (non-hydrogen) atoms. The quantitative estimate of drug-likeness (QED) is 0.0195. The summed E-state index contributed by atoms with van der Waals surface area (Å²) in [5.41, 5.74) is 0. The van der Waals surface area contributed by atoms with Crippen LogP contribution in [-0.2, 0) is 33.3 Å². The molecule has 0 bridgehead atoms. The zero-order chi connectivity index (χ0) is 69.0. The van der Waals surface area contributed by atoms with Gasteiger partial charge in [-0.1, -0.05) is 325 Å². The summed E-state index contributed by atoms with van der Waals surface area (Å²) >= 11 is 0. The Hall–Kier alpha value is -5.35. The summed E-state index contributed by atoms with van der Waals surface area (Å²) < 4.78 is 22.8. The van der Waals surface area contributed by atoms with Crippen LogP contribution < -0.4 is 5.11 Å². The summed E-state index contributed by atoms with van der Waals surface area (Å²) in [6.45, 7) is 4.51. The number of nitrogens with zero attached hydrogens (tertiary/aromatic N) is 1. The molecule has 0 heterocycles. The van der Waals surface area contributed by atoms with Crippen LogP contribution in [0, 0.1) is 0 Å². The average Bonchev–Trinajstić information content (AvgIpc) is 3.24. The van der Waals surface area contributed by atoms with Crippen LogP contribution in [0.15, 0.2) is 170 Å². The van der Waals surface area contributed by atoms with Crippen molar-refractivity contribution in [3.8, 4) is 0 Å². The lowest BCUT2D eigenvalue weighted by atomic mass is 10.0. The Balaban J connectivity index is 4.10. The second kappa shape index (κ2) is 74.4. The standard InChI is InChI=1S/C86H141NO8/c1-6-8-10-12-14-16-18-20-22-24-26-28-30-32-34-36-38-39-40-41-42-43-44-45-47-48-50-52-54-56-58-60-62-64-66-68-70-72-74-76-83(88)93-80-82(81-94-86(85(90)91)92-79-78-87(3,4)5)95-84(89)77-75-73-71-69-67-65-63-61-59-57-55-53-51-49-46-37-35-33-31-29-27-25-23-21-19-17-15-13-11-9-7-2/h8-11,14-17,20-23,26-29,32-35,38-39,46,49,53,55,59,61,82,86H,6-7,12-13,18-19,24-25,30-31,36-37,40-45,47-48,50-52,54,56-58,60,62-81H2,1-5H3/b10-8-,11-9-,16-14-,17-15-,22-20-,23-21-,28-26-,29-27-,34-32-,35-33-,39-38-,49-46-,55-53-,61-59-. The lowest BCUT2D eigenvalue weighted by Crippen LogP contribution is -2.44. The zero-order valence-corrected chi connectivity index (χ0v) is 61.5. The number of likely N-dealkylation sites (N-methyl/N-ethyl adjacent to an activating group) is 1. The van der Waals surface area contributed by atoms with Gasteiger partial charge in [-0.25, -0.2) is 0 Å². The summed E-state index contributed by atoms with van der Waals surface area (Å²) in [6, 6.07) is 0. The summed E-state index contributed by atoms with van der Waals surface area (Å²) in [4.78, 5) is 37.6. The van der Waals surface area contributed by atoms with E-state index in [4.69, 9.17) is 18.9 Å². The predicted octanol–water partition coefficient (Wildman–Crippen LogP) is 23.2. The van der Waals surface area contributed by atoms with Gasteiger partial charge < -0.3 is 33.3 Å². The van der Waals surface area contributed by atoms with Crippen molar-refractivity contribution in [2.75, 3.05) is 47.5 Å². The molecule has 2 unspecified atom stereocenters. The molecule has 0 saturated heterocycles. The van der Waals surface area contributed by atoms with Crippen LogP contribution in [0.5, 0.6) is 0 Å². The van der Waals surface area contributed by atoms with Crippen molar-refractivity contribution in [3.05, 3.63) is 170 Å². The highest BCUT2D eigenvalue weighted by Crippen LogP contribution is 2.17. The van der Waals surface area contributed by atoms with E-state index in [-0.39, 0.29) is 38.6 Å². The SMILES string of the molecule is CC/C=C\C/C=C\C/C=C\C/C=C\C/C=C\C/C=C\C/C=C\C/C=C\CCCCCCCCC(=O)OC(COC(=O)CCCCCCCCCCCCCCCCCCCCCC/C=C\C/C=C\C/C=C\C/C=C\C/C=C\C/C=C\CC)COC(OCC[N+](C)(C)C)C(=O)[O-]. The first kappa shape index (κ1) is 89.6. The first-order valence-electron chi connectivity index (χ1n) is 38.3. The minimum atomic E-state index is -1.64. The maximum absolute atomic E-state index is 13.0. The number of carboxylic acids is 1. The second-order valence-corrected chi connectivity index (χ2v) is 26.2. The Morgan fingerprint density at radius 2 is 0.568 bits per heavy atom. The Labute approximate surface area is 584 Å². The van der Waals surface area contributed by atoms with Crippen LogP contribution in [0.25, 0.3) is 0 Å². The van der Waals surface area contributed by atoms with Crippen molar-refractivity contribution in [2.45, 2.75) is 309 Å². The lowest BCUT2D eigenvalue weighted by Gasteiger charge is -2.26. The summed E-state index contributed by atoms with van der Waals surface area (Å²) in [7, 11) is 5.92. The molecular formula is C86H141NO8. The number of carboxylic acid groups (broad SMARTS) is 1. The number of allylic oxidation sites excluding steroid dienone is 28. The fraction of sp³-hybridized carbons (Fsp3) is 0.640. The summed E-state index contributed by atoms with van der Waals surface area (Å²) in [5, 5.41) is 11.9. The third-order valence-electron chi connectivity index (χ3n) is 16.0. The molecule has 0 aromatic heterocycles. The molecule has 2 atom stereocenters. The highest BCUT2D eigenvalue weighted by atomic mass is 16.7. The molecule has 0 rings (SSSR count). The first-order valence-corrected chi connectivity index (χ1v) is 38.3.